The maximum atomic E-state index is 7.61. The molecule has 2 heterocycles. The molecule has 4 aromatic rings. The van der Waals surface area contributed by atoms with Gasteiger partial charge in [0.15, 0.2) is 0 Å². The highest BCUT2D eigenvalue weighted by molar-refractivity contribution is 6.39. The number of fused-ring (bicyclic) bond motifs is 2. The first-order valence-electron chi connectivity index (χ1n) is 7.79. The highest BCUT2D eigenvalue weighted by Gasteiger charge is 2.02. The first-order chi connectivity index (χ1) is 13.3. The molecule has 2 aromatic carbocycles. The van der Waals surface area contributed by atoms with Crippen molar-refractivity contribution in [2.24, 2.45) is 0 Å². The molecule has 0 amide bonds. The average molecular weight is 458 g/mol. The molecule has 0 saturated heterocycles. The monoisotopic (exact) mass is 456 g/mol. The van der Waals surface area contributed by atoms with Gasteiger partial charge in [0.2, 0.25) is 10.6 Å². The minimum atomic E-state index is -1.17. The topological polar surface area (TPSA) is 92.0 Å². The third-order valence-corrected chi connectivity index (χ3v) is 3.97. The van der Waals surface area contributed by atoms with Crippen molar-refractivity contribution in [1.82, 2.24) is 19.9 Å². The molecule has 28 heavy (non-hydrogen) atoms. The molecule has 6 nitrogen and oxygen atoms in total. The van der Waals surface area contributed by atoms with E-state index in [0.717, 1.165) is 21.8 Å². The van der Waals surface area contributed by atoms with E-state index < -0.39 is 7.12 Å². The summed E-state index contributed by atoms with van der Waals surface area (Å²) in [6.45, 7) is 1.28. The van der Waals surface area contributed by atoms with Gasteiger partial charge < -0.3 is 10.0 Å². The van der Waals surface area contributed by atoms with E-state index in [4.69, 9.17) is 56.5 Å². The van der Waals surface area contributed by atoms with Gasteiger partial charge in [-0.25, -0.2) is 19.9 Å². The van der Waals surface area contributed by atoms with Gasteiger partial charge in [-0.15, -0.1) is 0 Å². The number of hydrogen-bond acceptors (Lipinski definition) is 6. The predicted octanol–water partition coefficient (Wildman–Crippen LogP) is 4.96. The summed E-state index contributed by atoms with van der Waals surface area (Å²) in [5.41, 5.74) is 1.53. The van der Waals surface area contributed by atoms with Crippen LogP contribution >= 0.6 is 46.4 Å². The Kier molecular flexibility index (Phi) is 8.63. The molecule has 0 unspecified atom stereocenters. The Morgan fingerprint density at radius 1 is 0.643 bits per heavy atom. The Hall–Kier alpha value is -1.74. The molecule has 0 fully saturated rings. The van der Waals surface area contributed by atoms with Crippen LogP contribution in [0.15, 0.2) is 48.5 Å². The van der Waals surface area contributed by atoms with Gasteiger partial charge >= 0.3 is 7.12 Å². The van der Waals surface area contributed by atoms with Crippen LogP contribution < -0.4 is 0 Å². The second kappa shape index (κ2) is 10.7. The number of benzene rings is 2. The SMILES string of the molecule is CB(O)O.Clc1nc(Cl)c2ccccc2n1.Clc1nc(Cl)c2ccccc2n1. The summed E-state index contributed by atoms with van der Waals surface area (Å²) in [5.74, 6) is 0. The Bertz CT molecular complexity index is 999. The Balaban J connectivity index is 0.000000169. The number of para-hydroxylation sites is 2. The quantitative estimate of drug-likeness (QED) is 0.220. The van der Waals surface area contributed by atoms with E-state index in [1.807, 2.05) is 48.5 Å². The lowest BCUT2D eigenvalue weighted by molar-refractivity contribution is 0.417. The van der Waals surface area contributed by atoms with Crippen molar-refractivity contribution in [3.63, 3.8) is 0 Å². The van der Waals surface area contributed by atoms with Crippen LogP contribution in [0.2, 0.25) is 27.7 Å². The molecule has 0 atom stereocenters. The Morgan fingerprint density at radius 3 is 1.32 bits per heavy atom. The van der Waals surface area contributed by atoms with Gasteiger partial charge in [-0.05, 0) is 54.3 Å². The fraction of sp³-hybridized carbons (Fsp3) is 0.0588. The van der Waals surface area contributed by atoms with Gasteiger partial charge in [-0.1, -0.05) is 47.5 Å². The van der Waals surface area contributed by atoms with E-state index in [9.17, 15) is 0 Å². The first kappa shape index (κ1) is 22.6. The molecule has 0 saturated carbocycles. The Morgan fingerprint density at radius 2 is 0.964 bits per heavy atom. The van der Waals surface area contributed by atoms with Crippen LogP contribution in [-0.2, 0) is 0 Å². The molecule has 4 rings (SSSR count). The average Bonchev–Trinajstić information content (AvgIpc) is 2.61. The summed E-state index contributed by atoms with van der Waals surface area (Å²) >= 11 is 22.9. The van der Waals surface area contributed by atoms with Crippen LogP contribution in [0.1, 0.15) is 0 Å². The van der Waals surface area contributed by atoms with E-state index in [0.29, 0.717) is 10.3 Å². The molecule has 2 aromatic heterocycles. The van der Waals surface area contributed by atoms with Crippen molar-refractivity contribution in [2.45, 2.75) is 6.82 Å². The van der Waals surface area contributed by atoms with Crippen molar-refractivity contribution in [3.8, 4) is 0 Å². The lowest BCUT2D eigenvalue weighted by atomic mass is 9.99. The van der Waals surface area contributed by atoms with Crippen LogP contribution in [0.4, 0.5) is 0 Å². The molecule has 144 valence electrons. The van der Waals surface area contributed by atoms with Crippen molar-refractivity contribution in [2.75, 3.05) is 0 Å². The second-order valence-electron chi connectivity index (χ2n) is 5.23. The maximum absolute atomic E-state index is 7.61. The zero-order valence-corrected chi connectivity index (χ0v) is 17.4. The van der Waals surface area contributed by atoms with Crippen LogP contribution in [-0.4, -0.2) is 37.1 Å². The number of hydrogen-bond donors (Lipinski definition) is 2. The predicted molar refractivity (Wildman–Crippen MR) is 115 cm³/mol. The van der Waals surface area contributed by atoms with Crippen LogP contribution in [0.3, 0.4) is 0 Å². The fourth-order valence-electron chi connectivity index (χ4n) is 2.02. The highest BCUT2D eigenvalue weighted by Crippen LogP contribution is 2.21. The van der Waals surface area contributed by atoms with Gasteiger partial charge in [-0.2, -0.15) is 0 Å². The Labute approximate surface area is 181 Å². The number of halogens is 4. The van der Waals surface area contributed by atoms with Crippen molar-refractivity contribution < 1.29 is 10.0 Å². The third kappa shape index (κ3) is 6.70. The second-order valence-corrected chi connectivity index (χ2v) is 6.63. The van der Waals surface area contributed by atoms with Crippen LogP contribution in [0.5, 0.6) is 0 Å². The van der Waals surface area contributed by atoms with Crippen molar-refractivity contribution >= 4 is 75.3 Å². The zero-order chi connectivity index (χ0) is 20.7. The smallest absolute Gasteiger partial charge is 0.427 e. The third-order valence-electron chi connectivity index (χ3n) is 3.06. The molecule has 0 radical (unpaired) electrons. The highest BCUT2D eigenvalue weighted by atomic mass is 35.5. The normalized spacial score (nSPS) is 9.96. The number of rotatable bonds is 0. The van der Waals surface area contributed by atoms with Crippen LogP contribution in [0.25, 0.3) is 21.8 Å². The van der Waals surface area contributed by atoms with E-state index in [2.05, 4.69) is 19.9 Å². The van der Waals surface area contributed by atoms with E-state index in [1.165, 1.54) is 6.82 Å². The van der Waals surface area contributed by atoms with E-state index >= 15 is 0 Å². The molecule has 0 aliphatic rings. The van der Waals surface area contributed by atoms with Gasteiger partial charge in [-0.3, -0.25) is 0 Å². The van der Waals surface area contributed by atoms with E-state index in [-0.39, 0.29) is 10.6 Å². The molecular formula is C17H13BCl4N4O2. The summed E-state index contributed by atoms with van der Waals surface area (Å²) in [6, 6.07) is 14.9. The molecule has 11 heteroatoms. The standard InChI is InChI=1S/2C8H4Cl2N2.CH5BO2/c2*9-7-5-3-1-2-4-6(5)11-8(10)12-7;1-2(3)4/h2*1-4H;3-4H,1H3. The summed E-state index contributed by atoms with van der Waals surface area (Å²) in [4.78, 5) is 15.7. The molecule has 0 aliphatic heterocycles. The summed E-state index contributed by atoms with van der Waals surface area (Å²) in [7, 11) is -1.17. The van der Waals surface area contributed by atoms with Crippen LogP contribution in [0, 0.1) is 0 Å². The first-order valence-corrected chi connectivity index (χ1v) is 9.31. The lowest BCUT2D eigenvalue weighted by Crippen LogP contribution is -2.00. The molecule has 0 spiro atoms. The minimum absolute atomic E-state index is 0.179. The number of nitrogens with zero attached hydrogens (tertiary/aromatic N) is 4. The lowest BCUT2D eigenvalue weighted by Gasteiger charge is -1.97. The maximum Gasteiger partial charge on any atom is 0.448 e. The summed E-state index contributed by atoms with van der Waals surface area (Å²) in [6.07, 6.45) is 0. The molecule has 2 N–H and O–H groups in total. The van der Waals surface area contributed by atoms with Gasteiger partial charge in [0.05, 0.1) is 11.0 Å². The largest absolute Gasteiger partial charge is 0.448 e. The summed E-state index contributed by atoms with van der Waals surface area (Å²) < 4.78 is 0. The molecule has 0 bridgehead atoms. The van der Waals surface area contributed by atoms with Crippen molar-refractivity contribution in [3.05, 3.63) is 69.4 Å². The van der Waals surface area contributed by atoms with Gasteiger partial charge in [0, 0.05) is 10.8 Å². The van der Waals surface area contributed by atoms with Crippen molar-refractivity contribution in [1.29, 1.82) is 0 Å². The fourth-order valence-corrected chi connectivity index (χ4v) is 2.94. The molecular weight excluding hydrogens is 445 g/mol. The zero-order valence-electron chi connectivity index (χ0n) is 14.4. The van der Waals surface area contributed by atoms with Gasteiger partial charge in [0.1, 0.15) is 10.3 Å². The summed E-state index contributed by atoms with van der Waals surface area (Å²) in [5, 5.41) is 18.0. The van der Waals surface area contributed by atoms with Gasteiger partial charge in [0.25, 0.3) is 0 Å². The van der Waals surface area contributed by atoms with E-state index in [1.54, 1.807) is 0 Å². The molecule has 0 aliphatic carbocycles. The minimum Gasteiger partial charge on any atom is -0.427 e. The number of aromatic nitrogens is 4.